The fraction of sp³-hybridized carbons (Fsp3) is 0.538. The molecular weight excluding hydrogens is 250 g/mol. The Morgan fingerprint density at radius 1 is 1.33 bits per heavy atom. The molecule has 0 spiro atoms. The summed E-state index contributed by atoms with van der Waals surface area (Å²) in [5.41, 5.74) is 6.02. The van der Waals surface area contributed by atoms with E-state index in [0.29, 0.717) is 6.04 Å². The highest BCUT2D eigenvalue weighted by atomic mass is 79.9. The largest absolute Gasteiger partial charge is 0.317 e. The van der Waals surface area contributed by atoms with Gasteiger partial charge >= 0.3 is 0 Å². The Morgan fingerprint density at radius 3 is 2.73 bits per heavy atom. The maximum atomic E-state index is 3.64. The molecule has 0 amide bonds. The molecule has 2 rings (SSSR count). The third kappa shape index (κ3) is 1.98. The van der Waals surface area contributed by atoms with Crippen LogP contribution in [0, 0.1) is 13.8 Å². The second-order valence-electron chi connectivity index (χ2n) is 4.49. The number of rotatable bonds is 1. The lowest BCUT2D eigenvalue weighted by molar-refractivity contribution is 0.493. The van der Waals surface area contributed by atoms with Gasteiger partial charge in [-0.15, -0.1) is 0 Å². The van der Waals surface area contributed by atoms with E-state index in [4.69, 9.17) is 0 Å². The Hall–Kier alpha value is -0.340. The fourth-order valence-electron chi connectivity index (χ4n) is 2.53. The van der Waals surface area contributed by atoms with Gasteiger partial charge < -0.3 is 5.32 Å². The summed E-state index contributed by atoms with van der Waals surface area (Å²) in [4.78, 5) is 0. The van der Waals surface area contributed by atoms with Crippen LogP contribution >= 0.6 is 15.9 Å². The third-order valence-corrected chi connectivity index (χ3v) is 4.42. The van der Waals surface area contributed by atoms with Crippen molar-refractivity contribution in [2.45, 2.75) is 39.2 Å². The van der Waals surface area contributed by atoms with E-state index in [-0.39, 0.29) is 0 Å². The molecule has 0 radical (unpaired) electrons. The van der Waals surface area contributed by atoms with Gasteiger partial charge in [0.1, 0.15) is 0 Å². The van der Waals surface area contributed by atoms with E-state index in [2.05, 4.69) is 48.2 Å². The number of hydrogen-bond acceptors (Lipinski definition) is 1. The Balaban J connectivity index is 2.47. The van der Waals surface area contributed by atoms with Gasteiger partial charge in [-0.25, -0.2) is 0 Å². The van der Waals surface area contributed by atoms with Crippen molar-refractivity contribution < 1.29 is 0 Å². The lowest BCUT2D eigenvalue weighted by Crippen LogP contribution is -2.32. The Kier molecular flexibility index (Phi) is 3.17. The predicted octanol–water partition coefficient (Wildman–Crippen LogP) is 3.14. The van der Waals surface area contributed by atoms with Gasteiger partial charge in [-0.1, -0.05) is 15.9 Å². The maximum absolute atomic E-state index is 3.64. The molecule has 1 aliphatic carbocycles. The van der Waals surface area contributed by atoms with Crippen LogP contribution in [0.2, 0.25) is 0 Å². The number of likely N-dealkylation sites (N-methyl/N-ethyl adjacent to an activating group) is 1. The predicted molar refractivity (Wildman–Crippen MR) is 68.5 cm³/mol. The summed E-state index contributed by atoms with van der Waals surface area (Å²) in [5, 5.41) is 3.39. The first-order valence-corrected chi connectivity index (χ1v) is 6.37. The molecule has 1 aromatic rings. The highest BCUT2D eigenvalue weighted by molar-refractivity contribution is 9.10. The molecule has 1 aromatic carbocycles. The van der Waals surface area contributed by atoms with Gasteiger partial charge in [0.2, 0.25) is 0 Å². The Bertz CT molecular complexity index is 385. The lowest BCUT2D eigenvalue weighted by Gasteiger charge is -2.27. The molecule has 82 valence electrons. The van der Waals surface area contributed by atoms with Crippen molar-refractivity contribution in [1.82, 2.24) is 5.32 Å². The van der Waals surface area contributed by atoms with Gasteiger partial charge in [0.15, 0.2) is 0 Å². The summed E-state index contributed by atoms with van der Waals surface area (Å²) < 4.78 is 1.27. The first-order valence-electron chi connectivity index (χ1n) is 5.58. The van der Waals surface area contributed by atoms with Crippen molar-refractivity contribution in [3.63, 3.8) is 0 Å². The first kappa shape index (κ1) is 11.2. The number of halogens is 1. The summed E-state index contributed by atoms with van der Waals surface area (Å²) in [5.74, 6) is 0. The normalized spacial score (nSPS) is 20.1. The molecule has 15 heavy (non-hydrogen) atoms. The summed E-state index contributed by atoms with van der Waals surface area (Å²) in [6.07, 6.45) is 3.67. The van der Waals surface area contributed by atoms with E-state index in [9.17, 15) is 0 Å². The molecule has 1 aliphatic rings. The lowest BCUT2D eigenvalue weighted by atomic mass is 9.83. The van der Waals surface area contributed by atoms with E-state index in [0.717, 1.165) is 0 Å². The zero-order valence-electron chi connectivity index (χ0n) is 9.65. The van der Waals surface area contributed by atoms with Crippen molar-refractivity contribution in [2.24, 2.45) is 0 Å². The Morgan fingerprint density at radius 2 is 2.07 bits per heavy atom. The molecule has 1 unspecified atom stereocenters. The molecule has 1 atom stereocenters. The van der Waals surface area contributed by atoms with Gasteiger partial charge in [0, 0.05) is 10.5 Å². The molecule has 1 nitrogen and oxygen atoms in total. The first-order chi connectivity index (χ1) is 7.13. The van der Waals surface area contributed by atoms with Gasteiger partial charge in [0.05, 0.1) is 0 Å². The van der Waals surface area contributed by atoms with E-state index in [1.807, 2.05) is 0 Å². The molecule has 0 saturated heterocycles. The average Bonchev–Trinajstić information content (AvgIpc) is 2.25. The van der Waals surface area contributed by atoms with Crippen LogP contribution in [0.5, 0.6) is 0 Å². The van der Waals surface area contributed by atoms with E-state index in [1.54, 1.807) is 11.1 Å². The zero-order chi connectivity index (χ0) is 11.0. The highest BCUT2D eigenvalue weighted by Crippen LogP contribution is 2.31. The van der Waals surface area contributed by atoms with Crippen LogP contribution in [0.1, 0.15) is 28.7 Å². The minimum absolute atomic E-state index is 0.664. The van der Waals surface area contributed by atoms with Crippen molar-refractivity contribution in [3.8, 4) is 0 Å². The van der Waals surface area contributed by atoms with Crippen molar-refractivity contribution in [3.05, 3.63) is 32.8 Å². The second kappa shape index (κ2) is 4.26. The maximum Gasteiger partial charge on any atom is 0.0210 e. The number of hydrogen-bond donors (Lipinski definition) is 1. The highest BCUT2D eigenvalue weighted by Gasteiger charge is 2.21. The molecule has 0 heterocycles. The minimum atomic E-state index is 0.664. The molecule has 2 heteroatoms. The quantitative estimate of drug-likeness (QED) is 0.825. The third-order valence-electron chi connectivity index (χ3n) is 3.60. The monoisotopic (exact) mass is 267 g/mol. The topological polar surface area (TPSA) is 12.0 Å². The summed E-state index contributed by atoms with van der Waals surface area (Å²) >= 11 is 3.64. The molecule has 1 N–H and O–H groups in total. The number of nitrogens with one attached hydrogen (secondary N) is 1. The number of aryl methyl sites for hydroxylation is 1. The van der Waals surface area contributed by atoms with Gasteiger partial charge in [0.25, 0.3) is 0 Å². The van der Waals surface area contributed by atoms with Crippen LogP contribution in [0.3, 0.4) is 0 Å². The molecule has 0 aliphatic heterocycles. The molecule has 0 saturated carbocycles. The van der Waals surface area contributed by atoms with E-state index >= 15 is 0 Å². The molecule has 0 fully saturated rings. The number of benzene rings is 1. The zero-order valence-corrected chi connectivity index (χ0v) is 11.2. The minimum Gasteiger partial charge on any atom is -0.317 e. The van der Waals surface area contributed by atoms with Gasteiger partial charge in [-0.3, -0.25) is 0 Å². The van der Waals surface area contributed by atoms with Crippen LogP contribution in [0.4, 0.5) is 0 Å². The Labute approximate surface area is 100 Å². The summed E-state index contributed by atoms with van der Waals surface area (Å²) in [7, 11) is 2.07. The number of fused-ring (bicyclic) bond motifs is 1. The van der Waals surface area contributed by atoms with E-state index < -0.39 is 0 Å². The van der Waals surface area contributed by atoms with Gasteiger partial charge in [-0.2, -0.15) is 0 Å². The van der Waals surface area contributed by atoms with Gasteiger partial charge in [-0.05, 0) is 68.5 Å². The molecule has 0 bridgehead atoms. The van der Waals surface area contributed by atoms with Crippen LogP contribution in [-0.2, 0) is 12.8 Å². The fourth-order valence-corrected chi connectivity index (χ4v) is 3.11. The standard InChI is InChI=1S/C13H18BrN/c1-8-6-13(14)9(2)11-5-4-10(15-3)7-12(8)11/h6,10,15H,4-5,7H2,1-3H3. The molecular formula is C13H18BrN. The van der Waals surface area contributed by atoms with Crippen LogP contribution < -0.4 is 5.32 Å². The van der Waals surface area contributed by atoms with Crippen molar-refractivity contribution >= 4 is 15.9 Å². The second-order valence-corrected chi connectivity index (χ2v) is 5.34. The molecule has 0 aromatic heterocycles. The average molecular weight is 268 g/mol. The van der Waals surface area contributed by atoms with Crippen LogP contribution in [-0.4, -0.2) is 13.1 Å². The smallest absolute Gasteiger partial charge is 0.0210 e. The van der Waals surface area contributed by atoms with Crippen LogP contribution in [0.15, 0.2) is 10.5 Å². The SMILES string of the molecule is CNC1CCc2c(C)c(Br)cc(C)c2C1. The van der Waals surface area contributed by atoms with Crippen LogP contribution in [0.25, 0.3) is 0 Å². The van der Waals surface area contributed by atoms with E-state index in [1.165, 1.54) is 34.9 Å². The van der Waals surface area contributed by atoms with Crippen molar-refractivity contribution in [2.75, 3.05) is 7.05 Å². The summed E-state index contributed by atoms with van der Waals surface area (Å²) in [6.45, 7) is 4.45. The summed E-state index contributed by atoms with van der Waals surface area (Å²) in [6, 6.07) is 2.92. The van der Waals surface area contributed by atoms with Crippen molar-refractivity contribution in [1.29, 1.82) is 0 Å².